The predicted molar refractivity (Wildman–Crippen MR) is 76.3 cm³/mol. The molecule has 0 atom stereocenters. The van der Waals surface area contributed by atoms with Crippen LogP contribution in [-0.4, -0.2) is 27.6 Å². The molecular weight excluding hydrogens is 254 g/mol. The average Bonchev–Trinajstić information content (AvgIpc) is 2.42. The van der Waals surface area contributed by atoms with Gasteiger partial charge in [-0.1, -0.05) is 42.5 Å². The van der Waals surface area contributed by atoms with Crippen molar-refractivity contribution >= 4 is 5.97 Å². The van der Waals surface area contributed by atoms with Crippen molar-refractivity contribution in [2.45, 2.75) is 13.1 Å². The Balaban J connectivity index is 2.07. The molecule has 2 aromatic rings. The molecule has 0 heterocycles. The van der Waals surface area contributed by atoms with Crippen LogP contribution in [0.3, 0.4) is 0 Å². The second kappa shape index (κ2) is 6.73. The Bertz CT molecular complexity index is 552. The first-order valence-corrected chi connectivity index (χ1v) is 6.39. The summed E-state index contributed by atoms with van der Waals surface area (Å²) in [5.41, 5.74) is 2.05. The molecule has 20 heavy (non-hydrogen) atoms. The molecule has 0 unspecified atom stereocenters. The molecule has 0 bridgehead atoms. The number of phenolic OH excluding ortho intramolecular Hbond substituents is 1. The quantitative estimate of drug-likeness (QED) is 0.847. The van der Waals surface area contributed by atoms with E-state index in [9.17, 15) is 9.90 Å². The summed E-state index contributed by atoms with van der Waals surface area (Å²) in [6.45, 7) is 1.09. The first kappa shape index (κ1) is 14.1. The number of carbonyl (C=O) groups is 1. The van der Waals surface area contributed by atoms with Gasteiger partial charge in [-0.3, -0.25) is 9.69 Å². The highest BCUT2D eigenvalue weighted by Gasteiger charge is 2.11. The van der Waals surface area contributed by atoms with Crippen LogP contribution < -0.4 is 0 Å². The third-order valence-electron chi connectivity index (χ3n) is 2.95. The summed E-state index contributed by atoms with van der Waals surface area (Å²) >= 11 is 0. The molecule has 4 nitrogen and oxygen atoms in total. The fourth-order valence-corrected chi connectivity index (χ4v) is 2.06. The third-order valence-corrected chi connectivity index (χ3v) is 2.95. The van der Waals surface area contributed by atoms with Gasteiger partial charge in [-0.05, 0) is 23.3 Å². The second-order valence-corrected chi connectivity index (χ2v) is 4.69. The van der Waals surface area contributed by atoms with Gasteiger partial charge < -0.3 is 10.2 Å². The van der Waals surface area contributed by atoms with Gasteiger partial charge in [-0.2, -0.15) is 0 Å². The van der Waals surface area contributed by atoms with Gasteiger partial charge in [0, 0.05) is 13.1 Å². The van der Waals surface area contributed by atoms with Crippen LogP contribution in [0.2, 0.25) is 0 Å². The molecule has 2 aromatic carbocycles. The monoisotopic (exact) mass is 271 g/mol. The summed E-state index contributed by atoms with van der Waals surface area (Å²) in [6.07, 6.45) is 0. The van der Waals surface area contributed by atoms with Crippen LogP contribution in [0.25, 0.3) is 0 Å². The third kappa shape index (κ3) is 4.40. The van der Waals surface area contributed by atoms with Crippen molar-refractivity contribution in [3.05, 3.63) is 65.7 Å². The molecule has 0 aliphatic carbocycles. The molecule has 0 saturated heterocycles. The molecule has 2 N–H and O–H groups in total. The summed E-state index contributed by atoms with van der Waals surface area (Å²) in [5, 5.41) is 18.3. The number of carboxylic acid groups (broad SMARTS) is 1. The van der Waals surface area contributed by atoms with E-state index in [1.165, 1.54) is 0 Å². The Kier molecular flexibility index (Phi) is 4.74. The first-order chi connectivity index (χ1) is 9.63. The Morgan fingerprint density at radius 2 is 1.45 bits per heavy atom. The molecule has 104 valence electrons. The van der Waals surface area contributed by atoms with Gasteiger partial charge in [0.05, 0.1) is 6.54 Å². The van der Waals surface area contributed by atoms with E-state index in [0.717, 1.165) is 11.1 Å². The van der Waals surface area contributed by atoms with E-state index in [0.29, 0.717) is 13.1 Å². The standard InChI is InChI=1S/C16H17NO3/c18-15-8-6-14(7-9-15)11-17(12-16(19)20)10-13-4-2-1-3-5-13/h1-9,18H,10-12H2,(H,19,20). The number of phenols is 1. The van der Waals surface area contributed by atoms with Gasteiger partial charge in [0.15, 0.2) is 0 Å². The zero-order valence-electron chi connectivity index (χ0n) is 11.1. The summed E-state index contributed by atoms with van der Waals surface area (Å²) in [4.78, 5) is 12.8. The van der Waals surface area contributed by atoms with Crippen molar-refractivity contribution in [2.24, 2.45) is 0 Å². The lowest BCUT2D eigenvalue weighted by molar-refractivity contribution is -0.138. The van der Waals surface area contributed by atoms with Crippen LogP contribution in [0.5, 0.6) is 5.75 Å². The summed E-state index contributed by atoms with van der Waals surface area (Å²) < 4.78 is 0. The van der Waals surface area contributed by atoms with Crippen molar-refractivity contribution in [1.82, 2.24) is 4.90 Å². The van der Waals surface area contributed by atoms with E-state index in [-0.39, 0.29) is 12.3 Å². The molecule has 4 heteroatoms. The van der Waals surface area contributed by atoms with Crippen molar-refractivity contribution in [3.63, 3.8) is 0 Å². The number of hydrogen-bond donors (Lipinski definition) is 2. The van der Waals surface area contributed by atoms with Gasteiger partial charge in [0.25, 0.3) is 0 Å². The van der Waals surface area contributed by atoms with Gasteiger partial charge in [-0.15, -0.1) is 0 Å². The smallest absolute Gasteiger partial charge is 0.317 e. The summed E-state index contributed by atoms with van der Waals surface area (Å²) in [6, 6.07) is 16.6. The molecule has 2 rings (SSSR count). The lowest BCUT2D eigenvalue weighted by Crippen LogP contribution is -2.28. The Morgan fingerprint density at radius 3 is 2.00 bits per heavy atom. The number of nitrogens with zero attached hydrogens (tertiary/aromatic N) is 1. The van der Waals surface area contributed by atoms with Crippen molar-refractivity contribution < 1.29 is 15.0 Å². The van der Waals surface area contributed by atoms with E-state index in [2.05, 4.69) is 0 Å². The van der Waals surface area contributed by atoms with E-state index < -0.39 is 5.97 Å². The maximum absolute atomic E-state index is 11.0. The number of rotatable bonds is 6. The highest BCUT2D eigenvalue weighted by atomic mass is 16.4. The maximum Gasteiger partial charge on any atom is 0.317 e. The van der Waals surface area contributed by atoms with Crippen LogP contribution in [0.4, 0.5) is 0 Å². The first-order valence-electron chi connectivity index (χ1n) is 6.39. The zero-order chi connectivity index (χ0) is 14.4. The Labute approximate surface area is 117 Å². The lowest BCUT2D eigenvalue weighted by atomic mass is 10.1. The molecule has 0 amide bonds. The number of carboxylic acids is 1. The molecule has 0 spiro atoms. The number of aliphatic carboxylic acids is 1. The molecule has 0 aliphatic rings. The van der Waals surface area contributed by atoms with Crippen LogP contribution >= 0.6 is 0 Å². The summed E-state index contributed by atoms with van der Waals surface area (Å²) in [7, 11) is 0. The number of aromatic hydroxyl groups is 1. The van der Waals surface area contributed by atoms with Gasteiger partial charge in [-0.25, -0.2) is 0 Å². The van der Waals surface area contributed by atoms with Crippen LogP contribution in [0.15, 0.2) is 54.6 Å². The van der Waals surface area contributed by atoms with Crippen LogP contribution in [0, 0.1) is 0 Å². The van der Waals surface area contributed by atoms with Gasteiger partial charge >= 0.3 is 5.97 Å². The maximum atomic E-state index is 11.0. The molecule has 0 fully saturated rings. The van der Waals surface area contributed by atoms with E-state index in [1.54, 1.807) is 24.3 Å². The van der Waals surface area contributed by atoms with Gasteiger partial charge in [0.1, 0.15) is 5.75 Å². The lowest BCUT2D eigenvalue weighted by Gasteiger charge is -2.20. The number of benzene rings is 2. The minimum absolute atomic E-state index is 0.0181. The molecule has 0 aromatic heterocycles. The van der Waals surface area contributed by atoms with Crippen molar-refractivity contribution in [1.29, 1.82) is 0 Å². The topological polar surface area (TPSA) is 60.8 Å². The fourth-order valence-electron chi connectivity index (χ4n) is 2.06. The largest absolute Gasteiger partial charge is 0.508 e. The molecule has 0 radical (unpaired) electrons. The van der Waals surface area contributed by atoms with Crippen molar-refractivity contribution in [3.8, 4) is 5.75 Å². The Hall–Kier alpha value is -2.33. The fraction of sp³-hybridized carbons (Fsp3) is 0.188. The SMILES string of the molecule is O=C(O)CN(Cc1ccccc1)Cc1ccc(O)cc1. The Morgan fingerprint density at radius 1 is 0.900 bits per heavy atom. The zero-order valence-corrected chi connectivity index (χ0v) is 11.1. The molecule has 0 saturated carbocycles. The van der Waals surface area contributed by atoms with Crippen LogP contribution in [-0.2, 0) is 17.9 Å². The average molecular weight is 271 g/mol. The normalized spacial score (nSPS) is 10.7. The van der Waals surface area contributed by atoms with E-state index >= 15 is 0 Å². The second-order valence-electron chi connectivity index (χ2n) is 4.69. The highest BCUT2D eigenvalue weighted by molar-refractivity contribution is 5.69. The number of hydrogen-bond acceptors (Lipinski definition) is 3. The van der Waals surface area contributed by atoms with E-state index in [4.69, 9.17) is 5.11 Å². The van der Waals surface area contributed by atoms with Crippen molar-refractivity contribution in [2.75, 3.05) is 6.54 Å². The molecule has 0 aliphatic heterocycles. The predicted octanol–water partition coefficient (Wildman–Crippen LogP) is 2.48. The van der Waals surface area contributed by atoms with Gasteiger partial charge in [0.2, 0.25) is 0 Å². The molecular formula is C16H17NO3. The van der Waals surface area contributed by atoms with E-state index in [1.807, 2.05) is 35.2 Å². The minimum Gasteiger partial charge on any atom is -0.508 e. The minimum atomic E-state index is -0.847. The highest BCUT2D eigenvalue weighted by Crippen LogP contribution is 2.13. The van der Waals surface area contributed by atoms with Crippen LogP contribution in [0.1, 0.15) is 11.1 Å². The summed E-state index contributed by atoms with van der Waals surface area (Å²) in [5.74, 6) is -0.638.